The van der Waals surface area contributed by atoms with Gasteiger partial charge in [-0.2, -0.15) is 9.36 Å². The van der Waals surface area contributed by atoms with Crippen molar-refractivity contribution >= 4 is 0 Å². The predicted molar refractivity (Wildman–Crippen MR) is 45.0 cm³/mol. The summed E-state index contributed by atoms with van der Waals surface area (Å²) >= 11 is 0. The minimum Gasteiger partial charge on any atom is -0.244 e. The summed E-state index contributed by atoms with van der Waals surface area (Å²) < 4.78 is 2.72. The summed E-state index contributed by atoms with van der Waals surface area (Å²) in [7, 11) is 0. The van der Waals surface area contributed by atoms with Crippen molar-refractivity contribution in [2.24, 2.45) is 0 Å². The molecule has 5 heteroatoms. The van der Waals surface area contributed by atoms with E-state index in [-0.39, 0.29) is 11.2 Å². The molecular weight excluding hydrogens is 156 g/mol. The zero-order valence-electron chi connectivity index (χ0n) is 7.90. The lowest BCUT2D eigenvalue weighted by atomic mass is 10.1. The minimum absolute atomic E-state index is 0.148. The zero-order chi connectivity index (χ0) is 9.35. The maximum absolute atomic E-state index is 11.4. The van der Waals surface area contributed by atoms with E-state index in [2.05, 4.69) is 10.4 Å². The molecule has 0 aromatic carbocycles. The maximum atomic E-state index is 11.4. The van der Waals surface area contributed by atoms with Crippen LogP contribution in [0.25, 0.3) is 0 Å². The van der Waals surface area contributed by atoms with Crippen LogP contribution in [0.2, 0.25) is 0 Å². The predicted octanol–water partition coefficient (Wildman–Crippen LogP) is 0.215. The van der Waals surface area contributed by atoms with E-state index in [9.17, 15) is 4.79 Å². The van der Waals surface area contributed by atoms with Gasteiger partial charge in [-0.1, -0.05) is 0 Å². The van der Waals surface area contributed by atoms with E-state index in [1.165, 1.54) is 9.36 Å². The van der Waals surface area contributed by atoms with E-state index in [0.717, 1.165) is 0 Å². The highest BCUT2D eigenvalue weighted by Crippen LogP contribution is 2.06. The Kier molecular flexibility index (Phi) is 2.04. The van der Waals surface area contributed by atoms with Crippen LogP contribution >= 0.6 is 0 Å². The summed E-state index contributed by atoms with van der Waals surface area (Å²) in [5, 5.41) is 7.49. The molecule has 0 amide bonds. The Balaban J connectivity index is 3.21. The standard InChI is InChI=1S/C7H14N4O/c1-5-10-6(12)11(9-8-10)7(2,3)4/h5H2,1-4H3. The van der Waals surface area contributed by atoms with Crippen LogP contribution in [0.15, 0.2) is 4.79 Å². The Bertz CT molecular complexity index is 317. The summed E-state index contributed by atoms with van der Waals surface area (Å²) in [5.41, 5.74) is -0.435. The molecule has 0 atom stereocenters. The number of aromatic nitrogens is 4. The smallest absolute Gasteiger partial charge is 0.244 e. The molecule has 1 aromatic rings. The van der Waals surface area contributed by atoms with Crippen molar-refractivity contribution < 1.29 is 0 Å². The van der Waals surface area contributed by atoms with Gasteiger partial charge < -0.3 is 0 Å². The van der Waals surface area contributed by atoms with Crippen molar-refractivity contribution in [3.63, 3.8) is 0 Å². The molecule has 0 bridgehead atoms. The molecule has 0 aliphatic heterocycles. The Labute approximate surface area is 71.0 Å². The van der Waals surface area contributed by atoms with Gasteiger partial charge in [0.15, 0.2) is 0 Å². The SMILES string of the molecule is CCn1nnn(C(C)(C)C)c1=O. The Morgan fingerprint density at radius 1 is 1.33 bits per heavy atom. The van der Waals surface area contributed by atoms with Crippen molar-refractivity contribution in [3.8, 4) is 0 Å². The third-order valence-electron chi connectivity index (χ3n) is 1.57. The molecule has 0 radical (unpaired) electrons. The summed E-state index contributed by atoms with van der Waals surface area (Å²) in [6.07, 6.45) is 0. The molecule has 0 saturated heterocycles. The molecule has 0 N–H and O–H groups in total. The van der Waals surface area contributed by atoms with Crippen LogP contribution in [0.3, 0.4) is 0 Å². The van der Waals surface area contributed by atoms with Gasteiger partial charge in [0.05, 0.1) is 5.54 Å². The third-order valence-corrected chi connectivity index (χ3v) is 1.57. The van der Waals surface area contributed by atoms with Gasteiger partial charge in [-0.15, -0.1) is 0 Å². The first-order chi connectivity index (χ1) is 5.46. The van der Waals surface area contributed by atoms with E-state index >= 15 is 0 Å². The molecule has 5 nitrogen and oxygen atoms in total. The van der Waals surface area contributed by atoms with E-state index in [0.29, 0.717) is 6.54 Å². The van der Waals surface area contributed by atoms with E-state index < -0.39 is 0 Å². The molecule has 0 unspecified atom stereocenters. The Morgan fingerprint density at radius 2 is 1.92 bits per heavy atom. The molecule has 0 saturated carbocycles. The highest BCUT2D eigenvalue weighted by Gasteiger charge is 2.18. The molecule has 0 spiro atoms. The van der Waals surface area contributed by atoms with Crippen molar-refractivity contribution in [2.45, 2.75) is 39.8 Å². The van der Waals surface area contributed by atoms with Crippen LogP contribution < -0.4 is 5.69 Å². The van der Waals surface area contributed by atoms with Crippen molar-refractivity contribution in [3.05, 3.63) is 10.5 Å². The van der Waals surface area contributed by atoms with Crippen molar-refractivity contribution in [1.29, 1.82) is 0 Å². The summed E-state index contributed by atoms with van der Waals surface area (Å²) in [5.74, 6) is 0. The quantitative estimate of drug-likeness (QED) is 0.605. The fourth-order valence-electron chi connectivity index (χ4n) is 0.894. The minimum atomic E-state index is -0.287. The lowest BCUT2D eigenvalue weighted by molar-refractivity contribution is 0.336. The molecule has 12 heavy (non-hydrogen) atoms. The summed E-state index contributed by atoms with van der Waals surface area (Å²) in [6, 6.07) is 0. The van der Waals surface area contributed by atoms with Crippen LogP contribution in [0.4, 0.5) is 0 Å². The van der Waals surface area contributed by atoms with Gasteiger partial charge in [0.1, 0.15) is 0 Å². The van der Waals surface area contributed by atoms with Crippen molar-refractivity contribution in [1.82, 2.24) is 19.8 Å². The molecule has 68 valence electrons. The molecule has 1 rings (SSSR count). The normalized spacial score (nSPS) is 12.0. The Hall–Kier alpha value is -1.13. The van der Waals surface area contributed by atoms with E-state index in [1.54, 1.807) is 0 Å². The van der Waals surface area contributed by atoms with Crippen LogP contribution in [0.1, 0.15) is 27.7 Å². The van der Waals surface area contributed by atoms with Gasteiger partial charge in [0.25, 0.3) is 0 Å². The monoisotopic (exact) mass is 170 g/mol. The lowest BCUT2D eigenvalue weighted by Crippen LogP contribution is -2.35. The maximum Gasteiger partial charge on any atom is 0.364 e. The number of rotatable bonds is 1. The first kappa shape index (κ1) is 8.96. The second kappa shape index (κ2) is 2.73. The van der Waals surface area contributed by atoms with Gasteiger partial charge >= 0.3 is 5.69 Å². The fraction of sp³-hybridized carbons (Fsp3) is 0.857. The summed E-state index contributed by atoms with van der Waals surface area (Å²) in [6.45, 7) is 8.19. The first-order valence-electron chi connectivity index (χ1n) is 4.00. The van der Waals surface area contributed by atoms with Crippen LogP contribution in [-0.2, 0) is 12.1 Å². The van der Waals surface area contributed by atoms with Crippen LogP contribution in [-0.4, -0.2) is 19.8 Å². The summed E-state index contributed by atoms with van der Waals surface area (Å²) in [4.78, 5) is 11.4. The molecule has 1 heterocycles. The third kappa shape index (κ3) is 1.39. The highest BCUT2D eigenvalue weighted by molar-refractivity contribution is 4.71. The lowest BCUT2D eigenvalue weighted by Gasteiger charge is -2.15. The topological polar surface area (TPSA) is 52.7 Å². The molecular formula is C7H14N4O. The molecule has 0 fully saturated rings. The number of aryl methyl sites for hydroxylation is 1. The van der Waals surface area contributed by atoms with Crippen LogP contribution in [0.5, 0.6) is 0 Å². The van der Waals surface area contributed by atoms with Gasteiger partial charge in [-0.3, -0.25) is 0 Å². The van der Waals surface area contributed by atoms with E-state index in [4.69, 9.17) is 0 Å². The van der Waals surface area contributed by atoms with Crippen molar-refractivity contribution in [2.75, 3.05) is 0 Å². The molecule has 1 aromatic heterocycles. The number of hydrogen-bond donors (Lipinski definition) is 0. The average Bonchev–Trinajstić information content (AvgIpc) is 2.29. The van der Waals surface area contributed by atoms with Crippen LogP contribution in [0, 0.1) is 0 Å². The fourth-order valence-corrected chi connectivity index (χ4v) is 0.894. The molecule has 0 aliphatic carbocycles. The highest BCUT2D eigenvalue weighted by atomic mass is 16.2. The van der Waals surface area contributed by atoms with Gasteiger partial charge in [0.2, 0.25) is 0 Å². The largest absolute Gasteiger partial charge is 0.364 e. The van der Waals surface area contributed by atoms with Gasteiger partial charge in [-0.05, 0) is 38.1 Å². The van der Waals surface area contributed by atoms with Gasteiger partial charge in [-0.25, -0.2) is 4.79 Å². The second-order valence-electron chi connectivity index (χ2n) is 3.66. The average molecular weight is 170 g/mol. The number of hydrogen-bond acceptors (Lipinski definition) is 3. The second-order valence-corrected chi connectivity index (χ2v) is 3.66. The first-order valence-corrected chi connectivity index (χ1v) is 4.00. The molecule has 0 aliphatic rings. The van der Waals surface area contributed by atoms with E-state index in [1.807, 2.05) is 27.7 Å². The zero-order valence-corrected chi connectivity index (χ0v) is 7.90. The number of tetrazole rings is 1. The number of nitrogens with zero attached hydrogens (tertiary/aromatic N) is 4. The van der Waals surface area contributed by atoms with Gasteiger partial charge in [0, 0.05) is 6.54 Å². The Morgan fingerprint density at radius 3 is 2.17 bits per heavy atom.